The second kappa shape index (κ2) is 5.52. The van der Waals surface area contributed by atoms with Crippen LogP contribution in [0.2, 0.25) is 0 Å². The Morgan fingerprint density at radius 2 is 1.35 bits per heavy atom. The van der Waals surface area contributed by atoms with Crippen LogP contribution < -0.4 is 10.6 Å². The summed E-state index contributed by atoms with van der Waals surface area (Å²) in [5.41, 5.74) is -6.79. The summed E-state index contributed by atoms with van der Waals surface area (Å²) in [6, 6.07) is -0.596. The van der Waals surface area contributed by atoms with Crippen molar-refractivity contribution in [1.82, 2.24) is 15.5 Å². The van der Waals surface area contributed by atoms with E-state index in [1.165, 1.54) is 6.92 Å². The van der Waals surface area contributed by atoms with Gasteiger partial charge in [-0.05, 0) is 12.8 Å². The number of carbonyl (C=O) groups excluding carboxylic acids is 2. The highest BCUT2D eigenvalue weighted by atomic mass is 19.2. The first kappa shape index (κ1) is 17.9. The number of halogens is 3. The van der Waals surface area contributed by atoms with Gasteiger partial charge in [0.25, 0.3) is 0 Å². The van der Waals surface area contributed by atoms with E-state index < -0.39 is 28.6 Å². The molecule has 4 aliphatic carbocycles. The Balaban J connectivity index is 1.40. The number of alkyl halides is 3. The molecule has 1 aliphatic heterocycles. The lowest BCUT2D eigenvalue weighted by Gasteiger charge is -2.63. The number of nitrogens with zero attached hydrogens (tertiary/aromatic N) is 1. The van der Waals surface area contributed by atoms with Gasteiger partial charge in [0.15, 0.2) is 0 Å². The minimum absolute atomic E-state index is 0.0104. The molecule has 1 saturated heterocycles. The van der Waals surface area contributed by atoms with Gasteiger partial charge in [0.1, 0.15) is 17.0 Å². The third-order valence-electron chi connectivity index (χ3n) is 6.52. The van der Waals surface area contributed by atoms with Crippen LogP contribution in [0.5, 0.6) is 0 Å². The van der Waals surface area contributed by atoms with Crippen molar-refractivity contribution < 1.29 is 22.8 Å². The van der Waals surface area contributed by atoms with E-state index in [0.29, 0.717) is 25.9 Å². The first-order chi connectivity index (χ1) is 12.0. The summed E-state index contributed by atoms with van der Waals surface area (Å²) in [4.78, 5) is 25.5. The van der Waals surface area contributed by atoms with Gasteiger partial charge in [-0.2, -0.15) is 0 Å². The SMILES string of the molecule is CC(=O)N1CCC(NC(=O)NC23CC4(F)CC(F)(CC(F)(C4)C2)C3)CC1. The fourth-order valence-electron chi connectivity index (χ4n) is 6.21. The Kier molecular flexibility index (Phi) is 3.80. The molecule has 0 aromatic carbocycles. The maximum absolute atomic E-state index is 15.0. The van der Waals surface area contributed by atoms with E-state index in [2.05, 4.69) is 10.6 Å². The lowest BCUT2D eigenvalue weighted by Crippen LogP contribution is -2.73. The molecule has 5 rings (SSSR count). The summed E-state index contributed by atoms with van der Waals surface area (Å²) < 4.78 is 44.9. The van der Waals surface area contributed by atoms with Gasteiger partial charge in [0.05, 0.1) is 5.54 Å². The third kappa shape index (κ3) is 3.16. The maximum atomic E-state index is 15.0. The van der Waals surface area contributed by atoms with Crippen LogP contribution in [0.4, 0.5) is 18.0 Å². The van der Waals surface area contributed by atoms with Crippen LogP contribution in [0.15, 0.2) is 0 Å². The number of hydrogen-bond acceptors (Lipinski definition) is 2. The van der Waals surface area contributed by atoms with Crippen LogP contribution in [0, 0.1) is 0 Å². The molecule has 8 heteroatoms. The number of rotatable bonds is 2. The predicted molar refractivity (Wildman–Crippen MR) is 88.9 cm³/mol. The van der Waals surface area contributed by atoms with Gasteiger partial charge in [-0.1, -0.05) is 0 Å². The van der Waals surface area contributed by atoms with Gasteiger partial charge in [-0.25, -0.2) is 18.0 Å². The summed E-state index contributed by atoms with van der Waals surface area (Å²) in [5, 5.41) is 5.57. The molecule has 26 heavy (non-hydrogen) atoms. The molecule has 5 aliphatic rings. The highest BCUT2D eigenvalue weighted by Gasteiger charge is 2.70. The molecule has 4 saturated carbocycles. The second-order valence-corrected chi connectivity index (χ2v) is 9.17. The molecular weight excluding hydrogens is 347 g/mol. The van der Waals surface area contributed by atoms with Gasteiger partial charge in [-0.3, -0.25) is 4.79 Å². The summed E-state index contributed by atoms with van der Waals surface area (Å²) in [5.74, 6) is 0.0104. The summed E-state index contributed by atoms with van der Waals surface area (Å²) in [6.07, 6.45) is 0.412. The molecular formula is C18H26F3N3O2. The van der Waals surface area contributed by atoms with E-state index in [4.69, 9.17) is 0 Å². The van der Waals surface area contributed by atoms with Crippen LogP contribution in [-0.2, 0) is 4.79 Å². The predicted octanol–water partition coefficient (Wildman–Crippen LogP) is 2.54. The summed E-state index contributed by atoms with van der Waals surface area (Å²) in [6.45, 7) is 2.65. The number of amides is 3. The van der Waals surface area contributed by atoms with Crippen molar-refractivity contribution in [2.45, 2.75) is 86.9 Å². The first-order valence-electron chi connectivity index (χ1n) is 9.43. The lowest BCUT2D eigenvalue weighted by atomic mass is 9.49. The van der Waals surface area contributed by atoms with Crippen molar-refractivity contribution >= 4 is 11.9 Å². The Morgan fingerprint density at radius 3 is 1.77 bits per heavy atom. The van der Waals surface area contributed by atoms with Gasteiger partial charge in [-0.15, -0.1) is 0 Å². The lowest BCUT2D eigenvalue weighted by molar-refractivity contribution is -0.193. The topological polar surface area (TPSA) is 61.4 Å². The molecule has 5 fully saturated rings. The van der Waals surface area contributed by atoms with Crippen molar-refractivity contribution in [3.8, 4) is 0 Å². The fraction of sp³-hybridized carbons (Fsp3) is 0.889. The molecule has 4 bridgehead atoms. The second-order valence-electron chi connectivity index (χ2n) is 9.17. The number of carbonyl (C=O) groups is 2. The van der Waals surface area contributed by atoms with Gasteiger partial charge in [0, 0.05) is 64.6 Å². The van der Waals surface area contributed by atoms with E-state index in [9.17, 15) is 22.8 Å². The monoisotopic (exact) mass is 373 g/mol. The molecule has 1 heterocycles. The fourth-order valence-corrected chi connectivity index (χ4v) is 6.21. The molecule has 0 radical (unpaired) electrons. The normalized spacial score (nSPS) is 44.8. The number of nitrogens with one attached hydrogen (secondary N) is 2. The molecule has 3 amide bonds. The van der Waals surface area contributed by atoms with E-state index in [0.717, 1.165) is 0 Å². The van der Waals surface area contributed by atoms with E-state index in [1.54, 1.807) is 4.90 Å². The quantitative estimate of drug-likeness (QED) is 0.781. The van der Waals surface area contributed by atoms with Crippen molar-refractivity contribution in [1.29, 1.82) is 0 Å². The van der Waals surface area contributed by atoms with E-state index in [-0.39, 0.29) is 50.5 Å². The molecule has 0 aromatic heterocycles. The average Bonchev–Trinajstić information content (AvgIpc) is 2.41. The Hall–Kier alpha value is -1.47. The van der Waals surface area contributed by atoms with Crippen molar-refractivity contribution in [2.75, 3.05) is 13.1 Å². The minimum Gasteiger partial charge on any atom is -0.343 e. The molecule has 2 N–H and O–H groups in total. The number of hydrogen-bond donors (Lipinski definition) is 2. The number of piperidine rings is 1. The van der Waals surface area contributed by atoms with E-state index in [1.807, 2.05) is 0 Å². The highest BCUT2D eigenvalue weighted by Crippen LogP contribution is 2.64. The van der Waals surface area contributed by atoms with Gasteiger partial charge >= 0.3 is 6.03 Å². The number of urea groups is 1. The standard InChI is InChI=1S/C18H26F3N3O2/c1-12(25)24-4-2-13(3-5-24)22-14(26)23-18-9-15(19)6-16(20,10-18)8-17(21,7-15)11-18/h13H,2-11H2,1H3,(H2,22,23,26). The van der Waals surface area contributed by atoms with Crippen LogP contribution in [0.25, 0.3) is 0 Å². The Bertz CT molecular complexity index is 582. The largest absolute Gasteiger partial charge is 0.343 e. The maximum Gasteiger partial charge on any atom is 0.315 e. The van der Waals surface area contributed by atoms with Gasteiger partial charge in [0.2, 0.25) is 5.91 Å². The Labute approximate surface area is 151 Å². The number of likely N-dealkylation sites (tertiary alicyclic amines) is 1. The third-order valence-corrected chi connectivity index (χ3v) is 6.52. The van der Waals surface area contributed by atoms with Crippen molar-refractivity contribution in [3.05, 3.63) is 0 Å². The van der Waals surface area contributed by atoms with Crippen molar-refractivity contribution in [3.63, 3.8) is 0 Å². The first-order valence-corrected chi connectivity index (χ1v) is 9.43. The Morgan fingerprint density at radius 1 is 0.885 bits per heavy atom. The zero-order valence-electron chi connectivity index (χ0n) is 15.0. The molecule has 146 valence electrons. The zero-order valence-corrected chi connectivity index (χ0v) is 15.0. The van der Waals surface area contributed by atoms with Crippen LogP contribution in [-0.4, -0.2) is 58.5 Å². The molecule has 0 spiro atoms. The molecule has 5 nitrogen and oxygen atoms in total. The molecule has 0 aromatic rings. The van der Waals surface area contributed by atoms with Crippen molar-refractivity contribution in [2.24, 2.45) is 0 Å². The molecule has 0 unspecified atom stereocenters. The molecule has 0 atom stereocenters. The van der Waals surface area contributed by atoms with E-state index >= 15 is 0 Å². The zero-order chi connectivity index (χ0) is 18.8. The van der Waals surface area contributed by atoms with Crippen LogP contribution >= 0.6 is 0 Å². The summed E-state index contributed by atoms with van der Waals surface area (Å²) in [7, 11) is 0. The minimum atomic E-state index is -1.88. The summed E-state index contributed by atoms with van der Waals surface area (Å²) >= 11 is 0. The highest BCUT2D eigenvalue weighted by molar-refractivity contribution is 5.76. The van der Waals surface area contributed by atoms with Gasteiger partial charge < -0.3 is 15.5 Å². The average molecular weight is 373 g/mol. The smallest absolute Gasteiger partial charge is 0.315 e. The van der Waals surface area contributed by atoms with Crippen LogP contribution in [0.1, 0.15) is 58.3 Å². The van der Waals surface area contributed by atoms with Crippen LogP contribution in [0.3, 0.4) is 0 Å².